The first-order chi connectivity index (χ1) is 8.54. The number of halogens is 3. The highest BCUT2D eigenvalue weighted by molar-refractivity contribution is 9.10. The molecule has 3 nitrogen and oxygen atoms in total. The standard InChI is InChI=1S/C12H12BrF2N3/c1-16-12(7-5-17-18(2)6-7)10-9(14)4-3-8(13)11(10)15/h3-6,12,16H,1-2H3. The summed E-state index contributed by atoms with van der Waals surface area (Å²) in [7, 11) is 3.40. The van der Waals surface area contributed by atoms with Crippen LogP contribution in [-0.4, -0.2) is 16.8 Å². The molecule has 2 rings (SSSR count). The molecule has 1 aromatic heterocycles. The molecular formula is C12H12BrF2N3. The van der Waals surface area contributed by atoms with Crippen LogP contribution in [0.4, 0.5) is 8.78 Å². The van der Waals surface area contributed by atoms with Gasteiger partial charge in [-0.1, -0.05) is 0 Å². The van der Waals surface area contributed by atoms with Gasteiger partial charge in [-0.15, -0.1) is 0 Å². The molecule has 0 spiro atoms. The minimum Gasteiger partial charge on any atom is -0.309 e. The molecule has 2 aromatic rings. The SMILES string of the molecule is CNC(c1cnn(C)c1)c1c(F)ccc(Br)c1F. The molecule has 0 fully saturated rings. The third-order valence-electron chi connectivity index (χ3n) is 2.71. The maximum absolute atomic E-state index is 14.0. The lowest BCUT2D eigenvalue weighted by atomic mass is 10.0. The minimum atomic E-state index is -0.599. The van der Waals surface area contributed by atoms with E-state index in [-0.39, 0.29) is 10.0 Å². The Bertz CT molecular complexity index is 568. The summed E-state index contributed by atoms with van der Waals surface area (Å²) in [5.41, 5.74) is 0.691. The molecule has 1 N–H and O–H groups in total. The van der Waals surface area contributed by atoms with Crippen LogP contribution in [-0.2, 0) is 7.05 Å². The second-order valence-electron chi connectivity index (χ2n) is 3.93. The molecule has 18 heavy (non-hydrogen) atoms. The quantitative estimate of drug-likeness (QED) is 0.883. The summed E-state index contributed by atoms with van der Waals surface area (Å²) in [6, 6.07) is 2.02. The molecule has 0 aliphatic carbocycles. The Morgan fingerprint density at radius 2 is 2.11 bits per heavy atom. The van der Waals surface area contributed by atoms with Gasteiger partial charge in [0.1, 0.15) is 11.6 Å². The van der Waals surface area contributed by atoms with E-state index < -0.39 is 17.7 Å². The number of aromatic nitrogens is 2. The fraction of sp³-hybridized carbons (Fsp3) is 0.250. The maximum atomic E-state index is 14.0. The van der Waals surface area contributed by atoms with E-state index in [4.69, 9.17) is 0 Å². The highest BCUT2D eigenvalue weighted by atomic mass is 79.9. The van der Waals surface area contributed by atoms with Crippen molar-refractivity contribution in [1.82, 2.24) is 15.1 Å². The molecule has 0 bridgehead atoms. The van der Waals surface area contributed by atoms with Gasteiger partial charge in [0.25, 0.3) is 0 Å². The first-order valence-electron chi connectivity index (χ1n) is 5.33. The van der Waals surface area contributed by atoms with Crippen LogP contribution in [0.25, 0.3) is 0 Å². The molecule has 1 atom stereocenters. The summed E-state index contributed by atoms with van der Waals surface area (Å²) >= 11 is 3.07. The molecule has 96 valence electrons. The van der Waals surface area contributed by atoms with E-state index in [0.29, 0.717) is 5.56 Å². The molecule has 1 aromatic carbocycles. The van der Waals surface area contributed by atoms with Crippen molar-refractivity contribution >= 4 is 15.9 Å². The molecule has 1 heterocycles. The fourth-order valence-electron chi connectivity index (χ4n) is 1.87. The number of benzene rings is 1. The van der Waals surface area contributed by atoms with Gasteiger partial charge in [0.15, 0.2) is 0 Å². The van der Waals surface area contributed by atoms with Crippen molar-refractivity contribution in [2.75, 3.05) is 7.05 Å². The Hall–Kier alpha value is -1.27. The van der Waals surface area contributed by atoms with Crippen molar-refractivity contribution in [3.05, 3.63) is 51.8 Å². The van der Waals surface area contributed by atoms with Crippen LogP contribution in [0.2, 0.25) is 0 Å². The predicted octanol–water partition coefficient (Wildman–Crippen LogP) is 2.77. The zero-order chi connectivity index (χ0) is 13.3. The zero-order valence-electron chi connectivity index (χ0n) is 9.92. The number of hydrogen-bond donors (Lipinski definition) is 1. The Labute approximate surface area is 112 Å². The van der Waals surface area contributed by atoms with Crippen molar-refractivity contribution in [1.29, 1.82) is 0 Å². The van der Waals surface area contributed by atoms with Gasteiger partial charge in [-0.3, -0.25) is 4.68 Å². The highest BCUT2D eigenvalue weighted by Gasteiger charge is 2.23. The smallest absolute Gasteiger partial charge is 0.145 e. The predicted molar refractivity (Wildman–Crippen MR) is 68.2 cm³/mol. The second-order valence-corrected chi connectivity index (χ2v) is 4.78. The number of nitrogens with one attached hydrogen (secondary N) is 1. The number of aryl methyl sites for hydroxylation is 1. The van der Waals surface area contributed by atoms with Crippen LogP contribution in [0.15, 0.2) is 29.0 Å². The third kappa shape index (κ3) is 2.30. The van der Waals surface area contributed by atoms with E-state index in [1.165, 1.54) is 12.1 Å². The first-order valence-corrected chi connectivity index (χ1v) is 6.13. The molecule has 0 radical (unpaired) electrons. The van der Waals surface area contributed by atoms with Crippen molar-refractivity contribution in [3.63, 3.8) is 0 Å². The molecular weight excluding hydrogens is 304 g/mol. The van der Waals surface area contributed by atoms with Crippen LogP contribution in [0.1, 0.15) is 17.2 Å². The highest BCUT2D eigenvalue weighted by Crippen LogP contribution is 2.30. The molecule has 0 saturated heterocycles. The number of nitrogens with zero attached hydrogens (tertiary/aromatic N) is 2. The molecule has 0 saturated carbocycles. The molecule has 0 aliphatic rings. The fourth-order valence-corrected chi connectivity index (χ4v) is 2.22. The summed E-state index contributed by atoms with van der Waals surface area (Å²) < 4.78 is 29.7. The maximum Gasteiger partial charge on any atom is 0.145 e. The lowest BCUT2D eigenvalue weighted by Gasteiger charge is -2.17. The van der Waals surface area contributed by atoms with Gasteiger partial charge in [0, 0.05) is 24.4 Å². The Morgan fingerprint density at radius 1 is 1.39 bits per heavy atom. The number of rotatable bonds is 3. The number of hydrogen-bond acceptors (Lipinski definition) is 2. The average molecular weight is 316 g/mol. The van der Waals surface area contributed by atoms with E-state index in [2.05, 4.69) is 26.3 Å². The second kappa shape index (κ2) is 5.16. The molecule has 0 amide bonds. The first kappa shape index (κ1) is 13.2. The molecule has 1 unspecified atom stereocenters. The van der Waals surface area contributed by atoms with Crippen LogP contribution in [0.5, 0.6) is 0 Å². The zero-order valence-corrected chi connectivity index (χ0v) is 11.5. The largest absolute Gasteiger partial charge is 0.309 e. The van der Waals surface area contributed by atoms with Gasteiger partial charge in [0.05, 0.1) is 16.7 Å². The van der Waals surface area contributed by atoms with Gasteiger partial charge in [0.2, 0.25) is 0 Å². The van der Waals surface area contributed by atoms with Crippen molar-refractivity contribution in [2.24, 2.45) is 7.05 Å². The van der Waals surface area contributed by atoms with Crippen LogP contribution in [0.3, 0.4) is 0 Å². The average Bonchev–Trinajstić information content (AvgIpc) is 2.76. The van der Waals surface area contributed by atoms with E-state index in [1.54, 1.807) is 31.2 Å². The van der Waals surface area contributed by atoms with Gasteiger partial charge < -0.3 is 5.32 Å². The van der Waals surface area contributed by atoms with Gasteiger partial charge in [-0.05, 0) is 35.1 Å². The van der Waals surface area contributed by atoms with Gasteiger partial charge in [-0.2, -0.15) is 5.10 Å². The lowest BCUT2D eigenvalue weighted by molar-refractivity contribution is 0.518. The Kier molecular flexibility index (Phi) is 3.77. The van der Waals surface area contributed by atoms with Crippen LogP contribution in [0, 0.1) is 11.6 Å². The van der Waals surface area contributed by atoms with Crippen molar-refractivity contribution in [2.45, 2.75) is 6.04 Å². The van der Waals surface area contributed by atoms with E-state index in [0.717, 1.165) is 0 Å². The Balaban J connectivity index is 2.55. The summed E-state index contributed by atoms with van der Waals surface area (Å²) in [6.07, 6.45) is 3.31. The Morgan fingerprint density at radius 3 is 2.67 bits per heavy atom. The third-order valence-corrected chi connectivity index (χ3v) is 3.33. The van der Waals surface area contributed by atoms with E-state index >= 15 is 0 Å². The minimum absolute atomic E-state index is 0.0140. The van der Waals surface area contributed by atoms with Crippen LogP contribution >= 0.6 is 15.9 Å². The monoisotopic (exact) mass is 315 g/mol. The summed E-state index contributed by atoms with van der Waals surface area (Å²) in [5.74, 6) is -1.18. The summed E-state index contributed by atoms with van der Waals surface area (Å²) in [6.45, 7) is 0. The lowest BCUT2D eigenvalue weighted by Crippen LogP contribution is -2.20. The topological polar surface area (TPSA) is 29.9 Å². The van der Waals surface area contributed by atoms with Crippen molar-refractivity contribution in [3.8, 4) is 0 Å². The summed E-state index contributed by atoms with van der Waals surface area (Å²) in [4.78, 5) is 0. The van der Waals surface area contributed by atoms with Gasteiger partial charge >= 0.3 is 0 Å². The van der Waals surface area contributed by atoms with Crippen LogP contribution < -0.4 is 5.32 Å². The van der Waals surface area contributed by atoms with Gasteiger partial charge in [-0.25, -0.2) is 8.78 Å². The molecule has 6 heteroatoms. The van der Waals surface area contributed by atoms with Crippen molar-refractivity contribution < 1.29 is 8.78 Å². The summed E-state index contributed by atoms with van der Waals surface area (Å²) in [5, 5.41) is 6.92. The van der Waals surface area contributed by atoms with E-state index in [1.807, 2.05) is 0 Å². The normalized spacial score (nSPS) is 12.7. The molecule has 0 aliphatic heterocycles. The van der Waals surface area contributed by atoms with E-state index in [9.17, 15) is 8.78 Å².